The molecule has 1 rings (SSSR count). The van der Waals surface area contributed by atoms with E-state index in [1.54, 1.807) is 39.0 Å². The van der Waals surface area contributed by atoms with Gasteiger partial charge in [-0.15, -0.1) is 0 Å². The highest BCUT2D eigenvalue weighted by atomic mass is 16.6. The van der Waals surface area contributed by atoms with Crippen molar-refractivity contribution in [2.75, 3.05) is 26.2 Å². The molecule has 0 aliphatic heterocycles. The molecule has 22 heavy (non-hydrogen) atoms. The first-order valence-corrected chi connectivity index (χ1v) is 6.69. The van der Waals surface area contributed by atoms with Crippen molar-refractivity contribution in [1.82, 2.24) is 5.32 Å². The fourth-order valence-corrected chi connectivity index (χ4v) is 1.65. The molecule has 7 nitrogen and oxygen atoms in total. The predicted molar refractivity (Wildman–Crippen MR) is 82.7 cm³/mol. The summed E-state index contributed by atoms with van der Waals surface area (Å²) in [7, 11) is 4.39. The molecule has 0 aliphatic carbocycles. The Kier molecular flexibility index (Phi) is 5.62. The molecule has 1 aromatic rings. The third-order valence-corrected chi connectivity index (χ3v) is 2.59. The van der Waals surface area contributed by atoms with Gasteiger partial charge in [-0.3, -0.25) is 0 Å². The molecule has 0 aliphatic rings. The lowest BCUT2D eigenvalue weighted by atomic mass is 10.2. The van der Waals surface area contributed by atoms with Crippen LogP contribution in [0.25, 0.3) is 0 Å². The lowest BCUT2D eigenvalue weighted by Gasteiger charge is -2.26. The summed E-state index contributed by atoms with van der Waals surface area (Å²) in [5.41, 5.74) is -0.448. The van der Waals surface area contributed by atoms with E-state index in [2.05, 4.69) is 5.32 Å². The number of amides is 3. The maximum Gasteiger partial charge on any atom is 0.423 e. The molecule has 0 fully saturated rings. The first-order valence-electron chi connectivity index (χ1n) is 6.69. The van der Waals surface area contributed by atoms with Gasteiger partial charge in [-0.2, -0.15) is 4.90 Å². The number of nitrogens with one attached hydrogen (secondary N) is 1. The van der Waals surface area contributed by atoms with E-state index < -0.39 is 17.7 Å². The Balaban J connectivity index is 3.28. The van der Waals surface area contributed by atoms with Gasteiger partial charge in [0.25, 0.3) is 0 Å². The van der Waals surface area contributed by atoms with Gasteiger partial charge in [-0.25, -0.2) is 9.59 Å². The van der Waals surface area contributed by atoms with E-state index in [-0.39, 0.29) is 5.69 Å². The molecule has 122 valence electrons. The molecule has 0 radical (unpaired) electrons. The van der Waals surface area contributed by atoms with Crippen LogP contribution in [0.5, 0.6) is 11.5 Å². The second kappa shape index (κ2) is 7.02. The maximum atomic E-state index is 12.3. The summed E-state index contributed by atoms with van der Waals surface area (Å²) in [5.74, 6) is 0.902. The van der Waals surface area contributed by atoms with E-state index in [1.807, 2.05) is 0 Å². The summed E-state index contributed by atoms with van der Waals surface area (Å²) < 4.78 is 15.6. The van der Waals surface area contributed by atoms with E-state index in [0.717, 1.165) is 4.90 Å². The number of rotatable bonds is 3. The highest BCUT2D eigenvalue weighted by Crippen LogP contribution is 2.29. The first-order chi connectivity index (χ1) is 10.2. The number of imide groups is 1. The topological polar surface area (TPSA) is 77.1 Å². The van der Waals surface area contributed by atoms with E-state index in [0.29, 0.717) is 11.5 Å². The van der Waals surface area contributed by atoms with Crippen molar-refractivity contribution in [3.05, 3.63) is 18.2 Å². The van der Waals surface area contributed by atoms with E-state index in [4.69, 9.17) is 14.2 Å². The predicted octanol–water partition coefficient (Wildman–Crippen LogP) is 2.78. The lowest BCUT2D eigenvalue weighted by Crippen LogP contribution is -2.45. The SMILES string of the molecule is CNC(=O)N(C(=O)OC(C)(C)C)c1cc(OC)cc(OC)c1. The highest BCUT2D eigenvalue weighted by molar-refractivity contribution is 6.11. The Hall–Kier alpha value is -2.44. The van der Waals surface area contributed by atoms with Gasteiger partial charge < -0.3 is 19.5 Å². The fourth-order valence-electron chi connectivity index (χ4n) is 1.65. The molecular weight excluding hydrogens is 288 g/mol. The number of methoxy groups -OCH3 is 2. The minimum absolute atomic E-state index is 0.282. The number of hydrogen-bond donors (Lipinski definition) is 1. The van der Waals surface area contributed by atoms with Crippen molar-refractivity contribution in [3.8, 4) is 11.5 Å². The molecule has 0 unspecified atom stereocenters. The molecule has 0 aromatic heterocycles. The Morgan fingerprint density at radius 3 is 1.91 bits per heavy atom. The van der Waals surface area contributed by atoms with Crippen LogP contribution < -0.4 is 19.7 Å². The van der Waals surface area contributed by atoms with Crippen LogP contribution in [-0.4, -0.2) is 39.0 Å². The average Bonchev–Trinajstić information content (AvgIpc) is 2.44. The van der Waals surface area contributed by atoms with Gasteiger partial charge in [0, 0.05) is 25.2 Å². The molecule has 0 bridgehead atoms. The third kappa shape index (κ3) is 4.54. The Bertz CT molecular complexity index is 529. The molecule has 1 aromatic carbocycles. The summed E-state index contributed by atoms with van der Waals surface area (Å²) in [6.07, 6.45) is -0.790. The summed E-state index contributed by atoms with van der Waals surface area (Å²) in [5, 5.41) is 2.41. The number of benzene rings is 1. The van der Waals surface area contributed by atoms with Crippen molar-refractivity contribution >= 4 is 17.8 Å². The average molecular weight is 310 g/mol. The van der Waals surface area contributed by atoms with Crippen LogP contribution in [0.1, 0.15) is 20.8 Å². The summed E-state index contributed by atoms with van der Waals surface area (Å²) in [4.78, 5) is 25.3. The standard InChI is InChI=1S/C15H22N2O5/c1-15(2,3)22-14(19)17(13(18)16-4)10-7-11(20-5)9-12(8-10)21-6/h7-9H,1-6H3,(H,16,18). The van der Waals surface area contributed by atoms with Gasteiger partial charge in [0.1, 0.15) is 17.1 Å². The monoisotopic (exact) mass is 310 g/mol. The minimum atomic E-state index is -0.790. The van der Waals surface area contributed by atoms with Crippen molar-refractivity contribution in [2.24, 2.45) is 0 Å². The second-order valence-electron chi connectivity index (χ2n) is 5.44. The number of ether oxygens (including phenoxy) is 3. The zero-order valence-electron chi connectivity index (χ0n) is 13.7. The molecular formula is C15H22N2O5. The van der Waals surface area contributed by atoms with Crippen molar-refractivity contribution in [2.45, 2.75) is 26.4 Å². The Labute approximate surface area is 130 Å². The van der Waals surface area contributed by atoms with Gasteiger partial charge in [-0.05, 0) is 20.8 Å². The number of hydrogen-bond acceptors (Lipinski definition) is 5. The normalized spacial score (nSPS) is 10.6. The van der Waals surface area contributed by atoms with Gasteiger partial charge >= 0.3 is 12.1 Å². The van der Waals surface area contributed by atoms with Gasteiger partial charge in [0.05, 0.1) is 19.9 Å². The number of carbonyl (C=O) groups excluding carboxylic acids is 2. The van der Waals surface area contributed by atoms with Crippen LogP contribution in [-0.2, 0) is 4.74 Å². The fraction of sp³-hybridized carbons (Fsp3) is 0.467. The van der Waals surface area contributed by atoms with Crippen molar-refractivity contribution in [3.63, 3.8) is 0 Å². The highest BCUT2D eigenvalue weighted by Gasteiger charge is 2.29. The van der Waals surface area contributed by atoms with Gasteiger partial charge in [0.2, 0.25) is 0 Å². The Morgan fingerprint density at radius 2 is 1.55 bits per heavy atom. The summed E-state index contributed by atoms with van der Waals surface area (Å²) >= 11 is 0. The minimum Gasteiger partial charge on any atom is -0.497 e. The number of anilines is 1. The molecule has 0 spiro atoms. The third-order valence-electron chi connectivity index (χ3n) is 2.59. The largest absolute Gasteiger partial charge is 0.497 e. The zero-order valence-corrected chi connectivity index (χ0v) is 13.7. The van der Waals surface area contributed by atoms with E-state index in [1.165, 1.54) is 21.3 Å². The molecule has 0 saturated heterocycles. The van der Waals surface area contributed by atoms with Crippen molar-refractivity contribution < 1.29 is 23.8 Å². The number of urea groups is 1. The van der Waals surface area contributed by atoms with E-state index in [9.17, 15) is 9.59 Å². The zero-order chi connectivity index (χ0) is 16.9. The summed E-state index contributed by atoms with van der Waals surface area (Å²) in [6.45, 7) is 5.16. The molecule has 7 heteroatoms. The van der Waals surface area contributed by atoms with Crippen LogP contribution in [0, 0.1) is 0 Å². The van der Waals surface area contributed by atoms with Crippen molar-refractivity contribution in [1.29, 1.82) is 0 Å². The number of nitrogens with zero attached hydrogens (tertiary/aromatic N) is 1. The first kappa shape index (κ1) is 17.6. The van der Waals surface area contributed by atoms with Gasteiger partial charge in [0.15, 0.2) is 0 Å². The second-order valence-corrected chi connectivity index (χ2v) is 5.44. The van der Waals surface area contributed by atoms with Crippen LogP contribution in [0.15, 0.2) is 18.2 Å². The molecule has 0 atom stereocenters. The molecule has 0 saturated carbocycles. The number of carbonyl (C=O) groups is 2. The smallest absolute Gasteiger partial charge is 0.423 e. The van der Waals surface area contributed by atoms with Gasteiger partial charge in [-0.1, -0.05) is 0 Å². The molecule has 0 heterocycles. The lowest BCUT2D eigenvalue weighted by molar-refractivity contribution is 0.0593. The van der Waals surface area contributed by atoms with Crippen LogP contribution in [0.2, 0.25) is 0 Å². The van der Waals surface area contributed by atoms with Crippen LogP contribution in [0.3, 0.4) is 0 Å². The molecule has 1 N–H and O–H groups in total. The van der Waals surface area contributed by atoms with Crippen LogP contribution in [0.4, 0.5) is 15.3 Å². The molecule has 3 amide bonds. The quantitative estimate of drug-likeness (QED) is 0.929. The van der Waals surface area contributed by atoms with E-state index >= 15 is 0 Å². The van der Waals surface area contributed by atoms with Crippen LogP contribution >= 0.6 is 0 Å². The maximum absolute atomic E-state index is 12.3. The summed E-state index contributed by atoms with van der Waals surface area (Å²) in [6, 6.07) is 4.11. The Morgan fingerprint density at radius 1 is 1.05 bits per heavy atom.